The van der Waals surface area contributed by atoms with Gasteiger partial charge in [0.15, 0.2) is 0 Å². The van der Waals surface area contributed by atoms with E-state index >= 15 is 0 Å². The molecule has 0 aliphatic rings. The van der Waals surface area contributed by atoms with E-state index in [1.165, 1.54) is 70.6 Å². The van der Waals surface area contributed by atoms with Gasteiger partial charge in [-0.2, -0.15) is 8.42 Å². The number of ether oxygens (including phenoxy) is 1. The number of aliphatic hydroxyl groups excluding tert-OH is 2. The Balaban J connectivity index is 0. The molecular weight excluding hydrogens is 426 g/mol. The maximum Gasteiger partial charge on any atom is 0.394 e. The third-order valence-corrected chi connectivity index (χ3v) is 4.60. The maximum atomic E-state index is 11.6. The zero-order chi connectivity index (χ0) is 23.8. The van der Waals surface area contributed by atoms with E-state index in [1.807, 2.05) is 0 Å². The van der Waals surface area contributed by atoms with Gasteiger partial charge in [-0.1, -0.05) is 84.0 Å². The van der Waals surface area contributed by atoms with Crippen molar-refractivity contribution in [2.75, 3.05) is 26.4 Å². The summed E-state index contributed by atoms with van der Waals surface area (Å²) in [6, 6.07) is 0. The van der Waals surface area contributed by atoms with Crippen LogP contribution in [-0.4, -0.2) is 66.1 Å². The van der Waals surface area contributed by atoms with Crippen molar-refractivity contribution in [1.82, 2.24) is 5.32 Å². The maximum absolute atomic E-state index is 11.6. The van der Waals surface area contributed by atoms with Crippen LogP contribution in [-0.2, 0) is 19.9 Å². The number of unbranched alkanes of at least 4 members (excludes halogenated alkanes) is 12. The number of hydrogen-bond donors (Lipinski definition) is 5. The number of carbonyl (C=O) groups excluding carboxylic acids is 1. The average Bonchev–Trinajstić information content (AvgIpc) is 2.69. The molecule has 0 saturated carbocycles. The van der Waals surface area contributed by atoms with Crippen LogP contribution in [0.4, 0.5) is 0 Å². The molecule has 10 heteroatoms. The first-order chi connectivity index (χ1) is 14.7. The van der Waals surface area contributed by atoms with Crippen LogP contribution < -0.4 is 5.32 Å². The van der Waals surface area contributed by atoms with Crippen molar-refractivity contribution >= 4 is 16.3 Å². The number of carbonyl (C=O) groups is 1. The molecule has 0 aromatic rings. The Bertz CT molecular complexity index is 480. The molecule has 0 saturated heterocycles. The van der Waals surface area contributed by atoms with Crippen molar-refractivity contribution in [3.8, 4) is 0 Å². The monoisotopic (exact) mass is 471 g/mol. The number of amides is 1. The predicted octanol–water partition coefficient (Wildman–Crippen LogP) is 3.30. The first-order valence-electron chi connectivity index (χ1n) is 11.5. The molecule has 0 bridgehead atoms. The summed E-state index contributed by atoms with van der Waals surface area (Å²) in [6.45, 7) is 2.88. The largest absolute Gasteiger partial charge is 0.394 e. The van der Waals surface area contributed by atoms with Gasteiger partial charge in [0.2, 0.25) is 5.91 Å². The Morgan fingerprint density at radius 1 is 0.871 bits per heavy atom. The zero-order valence-corrected chi connectivity index (χ0v) is 20.0. The van der Waals surface area contributed by atoms with Gasteiger partial charge in [0.05, 0.1) is 19.8 Å². The van der Waals surface area contributed by atoms with Crippen LogP contribution in [0.3, 0.4) is 0 Å². The van der Waals surface area contributed by atoms with Crippen molar-refractivity contribution in [3.63, 3.8) is 0 Å². The summed E-state index contributed by atoms with van der Waals surface area (Å²) in [4.78, 5) is 11.6. The molecule has 1 atom stereocenters. The molecule has 5 N–H and O–H groups in total. The lowest BCUT2D eigenvalue weighted by molar-refractivity contribution is -0.121. The lowest BCUT2D eigenvalue weighted by Gasteiger charge is -2.09. The van der Waals surface area contributed by atoms with Gasteiger partial charge in [-0.15, -0.1) is 0 Å². The van der Waals surface area contributed by atoms with Crippen LogP contribution in [0.2, 0.25) is 0 Å². The molecule has 0 fully saturated rings. The second-order valence-electron chi connectivity index (χ2n) is 7.70. The Morgan fingerprint density at radius 2 is 1.29 bits per heavy atom. The number of hydrogen-bond acceptors (Lipinski definition) is 6. The standard InChI is InChI=1S/C21H43NO4.H2O4S/c1-2-3-4-5-6-7-8-9-10-11-12-13-14-15-21(25)22-16-17-26-19-20(24)18-23;1-5(2,3)4/h20,23-24H,2-19H2,1H3,(H,22,25);(H2,1,2,3,4). The summed E-state index contributed by atoms with van der Waals surface area (Å²) in [6.07, 6.45) is 16.7. The Kier molecular flexibility index (Phi) is 25.0. The second-order valence-corrected chi connectivity index (χ2v) is 8.60. The van der Waals surface area contributed by atoms with Crippen LogP contribution in [0.25, 0.3) is 0 Å². The molecule has 188 valence electrons. The molecule has 0 rings (SSSR count). The highest BCUT2D eigenvalue weighted by Gasteiger charge is 2.03. The number of aliphatic hydroxyl groups is 2. The molecule has 31 heavy (non-hydrogen) atoms. The lowest BCUT2D eigenvalue weighted by atomic mass is 10.0. The fraction of sp³-hybridized carbons (Fsp3) is 0.952. The van der Waals surface area contributed by atoms with Gasteiger partial charge < -0.3 is 20.3 Å². The molecule has 0 aliphatic heterocycles. The van der Waals surface area contributed by atoms with Gasteiger partial charge in [0.25, 0.3) is 0 Å². The molecule has 9 nitrogen and oxygen atoms in total. The van der Waals surface area contributed by atoms with Gasteiger partial charge in [0.1, 0.15) is 6.10 Å². The average molecular weight is 472 g/mol. The molecule has 0 aliphatic carbocycles. The predicted molar refractivity (Wildman–Crippen MR) is 121 cm³/mol. The second kappa shape index (κ2) is 23.9. The van der Waals surface area contributed by atoms with E-state index < -0.39 is 16.5 Å². The van der Waals surface area contributed by atoms with Gasteiger partial charge >= 0.3 is 10.4 Å². The summed E-state index contributed by atoms with van der Waals surface area (Å²) in [7, 11) is -4.67. The number of nitrogens with one attached hydrogen (secondary N) is 1. The van der Waals surface area contributed by atoms with Crippen LogP contribution in [0.15, 0.2) is 0 Å². The quantitative estimate of drug-likeness (QED) is 0.134. The van der Waals surface area contributed by atoms with Crippen molar-refractivity contribution in [3.05, 3.63) is 0 Å². The third-order valence-electron chi connectivity index (χ3n) is 4.60. The van der Waals surface area contributed by atoms with E-state index in [-0.39, 0.29) is 19.1 Å². The number of rotatable bonds is 20. The van der Waals surface area contributed by atoms with Crippen molar-refractivity contribution in [1.29, 1.82) is 0 Å². The molecule has 0 radical (unpaired) electrons. The van der Waals surface area contributed by atoms with Crippen molar-refractivity contribution in [2.45, 2.75) is 103 Å². The van der Waals surface area contributed by atoms with Gasteiger partial charge in [-0.3, -0.25) is 13.9 Å². The summed E-state index contributed by atoms with van der Waals surface area (Å²) < 4.78 is 36.7. The van der Waals surface area contributed by atoms with Gasteiger partial charge in [-0.25, -0.2) is 0 Å². The van der Waals surface area contributed by atoms with Crippen molar-refractivity contribution < 1.29 is 37.3 Å². The van der Waals surface area contributed by atoms with Crippen LogP contribution in [0.5, 0.6) is 0 Å². The van der Waals surface area contributed by atoms with E-state index in [4.69, 9.17) is 32.5 Å². The van der Waals surface area contributed by atoms with Gasteiger partial charge in [0, 0.05) is 13.0 Å². The van der Waals surface area contributed by atoms with Crippen LogP contribution >= 0.6 is 0 Å². The highest BCUT2D eigenvalue weighted by molar-refractivity contribution is 7.79. The molecular formula is C21H45NO8S. The third kappa shape index (κ3) is 36.9. The lowest BCUT2D eigenvalue weighted by Crippen LogP contribution is -2.28. The topological polar surface area (TPSA) is 153 Å². The molecule has 0 heterocycles. The Morgan fingerprint density at radius 3 is 1.71 bits per heavy atom. The van der Waals surface area contributed by atoms with E-state index in [2.05, 4.69) is 12.2 Å². The highest BCUT2D eigenvalue weighted by Crippen LogP contribution is 2.12. The normalized spacial score (nSPS) is 12.2. The smallest absolute Gasteiger partial charge is 0.394 e. The summed E-state index contributed by atoms with van der Waals surface area (Å²) >= 11 is 0. The van der Waals surface area contributed by atoms with E-state index in [9.17, 15) is 4.79 Å². The molecule has 0 aromatic carbocycles. The van der Waals surface area contributed by atoms with Crippen LogP contribution in [0.1, 0.15) is 96.8 Å². The van der Waals surface area contributed by atoms with E-state index in [0.29, 0.717) is 19.6 Å². The first-order valence-corrected chi connectivity index (χ1v) is 12.9. The fourth-order valence-corrected chi connectivity index (χ4v) is 2.93. The highest BCUT2D eigenvalue weighted by atomic mass is 32.3. The van der Waals surface area contributed by atoms with Crippen LogP contribution in [0, 0.1) is 0 Å². The van der Waals surface area contributed by atoms with Gasteiger partial charge in [-0.05, 0) is 6.42 Å². The minimum absolute atomic E-state index is 0.0689. The molecule has 1 unspecified atom stereocenters. The Hall–Kier alpha value is -0.780. The zero-order valence-electron chi connectivity index (χ0n) is 19.1. The SMILES string of the molecule is CCCCCCCCCCCCCCCC(=O)NCCOCC(O)CO.O=S(=O)(O)O. The summed E-state index contributed by atoms with van der Waals surface area (Å²) in [5.41, 5.74) is 0. The minimum Gasteiger partial charge on any atom is -0.394 e. The molecule has 0 aromatic heterocycles. The summed E-state index contributed by atoms with van der Waals surface area (Å²) in [5.74, 6) is 0.0689. The minimum atomic E-state index is -4.67. The van der Waals surface area contributed by atoms with Crippen molar-refractivity contribution in [2.24, 2.45) is 0 Å². The molecule has 1 amide bonds. The first kappa shape index (κ1) is 32.4. The van der Waals surface area contributed by atoms with E-state index in [0.717, 1.165) is 12.8 Å². The summed E-state index contributed by atoms with van der Waals surface area (Å²) in [5, 5.41) is 20.5. The molecule has 0 spiro atoms. The fourth-order valence-electron chi connectivity index (χ4n) is 2.93. The Labute approximate surface area is 188 Å². The van der Waals surface area contributed by atoms with E-state index in [1.54, 1.807) is 0 Å².